The fourth-order valence-corrected chi connectivity index (χ4v) is 4.62. The number of aromatic nitrogens is 4. The summed E-state index contributed by atoms with van der Waals surface area (Å²) >= 11 is 0. The normalized spacial score (nSPS) is 12.6. The van der Waals surface area contributed by atoms with Crippen molar-refractivity contribution in [3.05, 3.63) is 60.7 Å². The molecule has 0 saturated carbocycles. The lowest BCUT2D eigenvalue weighted by Gasteiger charge is -2.34. The standard InChI is InChI=1S/C27H28N6O.3ClH.3H2O/c1-3-34-25-7-5-4-6-20(25)27-29-21-10-8-18(16-23(21)31-27)26-28-22-11-9-19(17-24(22)30-26)33-14-12-32(2)13-15-33;;;;;;/h4-11,16-17H,3,12-15H2,1-2H3,(H,28,30)(H,29,31);3*1H;3*1H2. The number of nitrogens with one attached hydrogen (secondary N) is 2. The van der Waals surface area contributed by atoms with Crippen molar-refractivity contribution in [2.45, 2.75) is 6.92 Å². The minimum absolute atomic E-state index is 0. The van der Waals surface area contributed by atoms with Gasteiger partial charge >= 0.3 is 0 Å². The molecule has 0 spiro atoms. The number of H-pyrrole nitrogens is 2. The van der Waals surface area contributed by atoms with Gasteiger partial charge in [-0.25, -0.2) is 9.97 Å². The number of piperazine rings is 1. The number of hydrogen-bond donors (Lipinski definition) is 2. The van der Waals surface area contributed by atoms with Crippen LogP contribution < -0.4 is 9.64 Å². The number of imidazole rings is 2. The maximum Gasteiger partial charge on any atom is 0.142 e. The van der Waals surface area contributed by atoms with Crippen LogP contribution in [0, 0.1) is 0 Å². The Morgan fingerprint density at radius 1 is 0.750 bits per heavy atom. The molecule has 0 radical (unpaired) electrons. The van der Waals surface area contributed by atoms with E-state index >= 15 is 0 Å². The molecule has 1 fully saturated rings. The van der Waals surface area contributed by atoms with Crippen LogP contribution in [0.1, 0.15) is 6.92 Å². The van der Waals surface area contributed by atoms with Gasteiger partial charge in [0, 0.05) is 37.4 Å². The lowest BCUT2D eigenvalue weighted by Crippen LogP contribution is -2.44. The Balaban J connectivity index is 0.00000253. The number of aromatic amines is 2. The largest absolute Gasteiger partial charge is 0.493 e. The Morgan fingerprint density at radius 2 is 1.35 bits per heavy atom. The van der Waals surface area contributed by atoms with Crippen LogP contribution in [0.25, 0.3) is 44.8 Å². The molecule has 40 heavy (non-hydrogen) atoms. The van der Waals surface area contributed by atoms with Gasteiger partial charge in [-0.05, 0) is 62.5 Å². The van der Waals surface area contributed by atoms with E-state index in [1.165, 1.54) is 5.69 Å². The number of fused-ring (bicyclic) bond motifs is 2. The van der Waals surface area contributed by atoms with Gasteiger partial charge in [0.15, 0.2) is 0 Å². The first kappa shape index (κ1) is 36.9. The summed E-state index contributed by atoms with van der Waals surface area (Å²) in [5, 5.41) is 0. The summed E-state index contributed by atoms with van der Waals surface area (Å²) in [4.78, 5) is 21.5. The average Bonchev–Trinajstić information content (AvgIpc) is 3.48. The quantitative estimate of drug-likeness (QED) is 0.307. The minimum Gasteiger partial charge on any atom is -0.493 e. The summed E-state index contributed by atoms with van der Waals surface area (Å²) in [6.45, 7) is 6.87. The van der Waals surface area contributed by atoms with Crippen LogP contribution in [0.2, 0.25) is 0 Å². The van der Waals surface area contributed by atoms with E-state index in [2.05, 4.69) is 63.2 Å². The third-order valence-electron chi connectivity index (χ3n) is 6.53. The van der Waals surface area contributed by atoms with Gasteiger partial charge in [-0.15, -0.1) is 37.2 Å². The van der Waals surface area contributed by atoms with Gasteiger partial charge in [0.05, 0.1) is 34.2 Å². The molecule has 1 aliphatic heterocycles. The van der Waals surface area contributed by atoms with E-state index in [0.29, 0.717) is 6.61 Å². The maximum atomic E-state index is 5.79. The number of halogens is 3. The van der Waals surface area contributed by atoms with Crippen molar-refractivity contribution >= 4 is 65.0 Å². The summed E-state index contributed by atoms with van der Waals surface area (Å²) in [6, 6.07) is 20.7. The zero-order chi connectivity index (χ0) is 23.1. The molecule has 0 atom stereocenters. The van der Waals surface area contributed by atoms with Crippen LogP contribution in [-0.2, 0) is 0 Å². The Kier molecular flexibility index (Phi) is 14.4. The lowest BCUT2D eigenvalue weighted by atomic mass is 10.2. The van der Waals surface area contributed by atoms with E-state index < -0.39 is 0 Å². The Labute approximate surface area is 251 Å². The monoisotopic (exact) mass is 614 g/mol. The van der Waals surface area contributed by atoms with Gasteiger partial charge < -0.3 is 40.9 Å². The molecule has 2 aromatic heterocycles. The molecule has 10 nitrogen and oxygen atoms in total. The minimum atomic E-state index is 0. The SMILES string of the molecule is CCOc1ccccc1-c1nc2cc(-c3nc4cc(N5CCN(C)CC5)ccc4[nH]3)ccc2[nH]1.Cl.Cl.Cl.O.O.O. The van der Waals surface area contributed by atoms with Crippen molar-refractivity contribution in [2.24, 2.45) is 0 Å². The smallest absolute Gasteiger partial charge is 0.142 e. The summed E-state index contributed by atoms with van der Waals surface area (Å²) in [5.41, 5.74) is 7.12. The van der Waals surface area contributed by atoms with E-state index in [-0.39, 0.29) is 53.6 Å². The van der Waals surface area contributed by atoms with E-state index in [0.717, 1.165) is 76.8 Å². The molecule has 1 saturated heterocycles. The van der Waals surface area contributed by atoms with Gasteiger partial charge in [-0.1, -0.05) is 12.1 Å². The van der Waals surface area contributed by atoms with E-state index in [9.17, 15) is 0 Å². The summed E-state index contributed by atoms with van der Waals surface area (Å²) in [5.74, 6) is 2.49. The zero-order valence-corrected chi connectivity index (χ0v) is 24.7. The van der Waals surface area contributed by atoms with Crippen LogP contribution in [0.3, 0.4) is 0 Å². The zero-order valence-electron chi connectivity index (χ0n) is 22.2. The molecule has 0 bridgehead atoms. The van der Waals surface area contributed by atoms with Gasteiger partial charge in [-0.2, -0.15) is 0 Å². The molecule has 220 valence electrons. The number of likely N-dealkylation sites (N-methyl/N-ethyl adjacent to an activating group) is 1. The summed E-state index contributed by atoms with van der Waals surface area (Å²) in [6.07, 6.45) is 0. The summed E-state index contributed by atoms with van der Waals surface area (Å²) in [7, 11) is 2.18. The van der Waals surface area contributed by atoms with Gasteiger partial charge in [0.1, 0.15) is 17.4 Å². The molecule has 6 rings (SSSR count). The molecular weight excluding hydrogens is 579 g/mol. The molecule has 8 N–H and O–H groups in total. The highest BCUT2D eigenvalue weighted by Crippen LogP contribution is 2.31. The molecule has 0 amide bonds. The highest BCUT2D eigenvalue weighted by molar-refractivity contribution is 5.87. The number of nitrogens with zero attached hydrogens (tertiary/aromatic N) is 4. The number of benzene rings is 3. The average molecular weight is 616 g/mol. The second-order valence-electron chi connectivity index (χ2n) is 8.82. The first-order chi connectivity index (χ1) is 16.7. The van der Waals surface area contributed by atoms with Crippen molar-refractivity contribution in [3.63, 3.8) is 0 Å². The van der Waals surface area contributed by atoms with Crippen LogP contribution in [0.15, 0.2) is 60.7 Å². The highest BCUT2D eigenvalue weighted by Gasteiger charge is 2.16. The predicted molar refractivity (Wildman–Crippen MR) is 170 cm³/mol. The fraction of sp³-hybridized carbons (Fsp3) is 0.259. The highest BCUT2D eigenvalue weighted by atomic mass is 35.5. The Morgan fingerprint density at radius 3 is 2.05 bits per heavy atom. The third kappa shape index (κ3) is 7.15. The number of ether oxygens (including phenoxy) is 1. The van der Waals surface area contributed by atoms with Crippen molar-refractivity contribution in [1.82, 2.24) is 24.8 Å². The first-order valence-electron chi connectivity index (χ1n) is 11.8. The molecule has 5 aromatic rings. The molecule has 13 heteroatoms. The number of rotatable bonds is 5. The van der Waals surface area contributed by atoms with Crippen LogP contribution in [0.5, 0.6) is 5.75 Å². The fourth-order valence-electron chi connectivity index (χ4n) is 4.62. The second-order valence-corrected chi connectivity index (χ2v) is 8.82. The molecule has 3 aromatic carbocycles. The van der Waals surface area contributed by atoms with Crippen LogP contribution in [0.4, 0.5) is 5.69 Å². The second kappa shape index (κ2) is 15.6. The van der Waals surface area contributed by atoms with E-state index in [1.807, 2.05) is 31.2 Å². The number of para-hydroxylation sites is 1. The van der Waals surface area contributed by atoms with Crippen molar-refractivity contribution in [1.29, 1.82) is 0 Å². The lowest BCUT2D eigenvalue weighted by molar-refractivity contribution is 0.313. The van der Waals surface area contributed by atoms with Crippen molar-refractivity contribution in [2.75, 3.05) is 44.7 Å². The predicted octanol–water partition coefficient (Wildman–Crippen LogP) is 3.72. The molecule has 0 aliphatic carbocycles. The molecule has 3 heterocycles. The van der Waals surface area contributed by atoms with E-state index in [4.69, 9.17) is 14.7 Å². The third-order valence-corrected chi connectivity index (χ3v) is 6.53. The topological polar surface area (TPSA) is 168 Å². The van der Waals surface area contributed by atoms with E-state index in [1.54, 1.807) is 0 Å². The maximum absolute atomic E-state index is 5.79. The Bertz CT molecular complexity index is 1490. The number of anilines is 1. The van der Waals surface area contributed by atoms with Gasteiger partial charge in [0.25, 0.3) is 0 Å². The first-order valence-corrected chi connectivity index (χ1v) is 11.8. The number of hydrogen-bond acceptors (Lipinski definition) is 5. The van der Waals surface area contributed by atoms with Gasteiger partial charge in [-0.3, -0.25) is 0 Å². The van der Waals surface area contributed by atoms with Crippen molar-refractivity contribution in [3.8, 4) is 28.5 Å². The summed E-state index contributed by atoms with van der Waals surface area (Å²) < 4.78 is 5.79. The van der Waals surface area contributed by atoms with Gasteiger partial charge in [0.2, 0.25) is 0 Å². The Hall–Kier alpha value is -3.09. The molecule has 1 aliphatic rings. The van der Waals surface area contributed by atoms with Crippen molar-refractivity contribution < 1.29 is 21.2 Å². The molecular formula is C27H37Cl3N6O4. The van der Waals surface area contributed by atoms with Crippen LogP contribution in [-0.4, -0.2) is 81.1 Å². The molecule has 0 unspecified atom stereocenters. The van der Waals surface area contributed by atoms with Crippen LogP contribution >= 0.6 is 37.2 Å².